The molecule has 0 aliphatic rings. The first-order valence-corrected chi connectivity index (χ1v) is 6.54. The molecule has 0 atom stereocenters. The summed E-state index contributed by atoms with van der Waals surface area (Å²) in [5, 5.41) is 0.0534. The molecule has 0 saturated carbocycles. The Morgan fingerprint density at radius 3 is 2.64 bits per heavy atom. The van der Waals surface area contributed by atoms with E-state index in [0.29, 0.717) is 4.47 Å². The summed E-state index contributed by atoms with van der Waals surface area (Å²) in [6.07, 6.45) is 1.39. The van der Waals surface area contributed by atoms with E-state index in [4.69, 9.17) is 0 Å². The Labute approximate surface area is 98.9 Å². The third kappa shape index (κ3) is 2.61. The van der Waals surface area contributed by atoms with Crippen LogP contribution in [0.5, 0.6) is 0 Å². The average Bonchev–Trinajstić information content (AvgIpc) is 2.16. The van der Waals surface area contributed by atoms with Gasteiger partial charge < -0.3 is 0 Å². The van der Waals surface area contributed by atoms with Crippen LogP contribution in [-0.2, 0) is 10.7 Å². The van der Waals surface area contributed by atoms with E-state index < -0.39 is 10.7 Å². The number of thiol groups is 1. The molecule has 14 heavy (non-hydrogen) atoms. The zero-order chi connectivity index (χ0) is 10.7. The quantitative estimate of drug-likeness (QED) is 0.512. The van der Waals surface area contributed by atoms with E-state index in [9.17, 15) is 13.2 Å². The molecule has 1 heterocycles. The predicted molar refractivity (Wildman–Crippen MR) is 58.6 cm³/mol. The molecule has 0 radical (unpaired) electrons. The molecule has 4 nitrogen and oxygen atoms in total. The lowest BCUT2D eigenvalue weighted by Gasteiger charge is -2.00. The molecular weight excluding hydrogens is 338 g/mol. The van der Waals surface area contributed by atoms with Crippen LogP contribution < -0.4 is 0 Å². The van der Waals surface area contributed by atoms with Crippen molar-refractivity contribution in [1.29, 1.82) is 0 Å². The lowest BCUT2D eigenvalue weighted by Crippen LogP contribution is -2.06. The molecule has 0 saturated heterocycles. The van der Waals surface area contributed by atoms with Crippen LogP contribution in [0.1, 0.15) is 10.5 Å². The number of alkyl halides is 1. The average molecular weight is 343 g/mol. The first-order valence-electron chi connectivity index (χ1n) is 3.45. The van der Waals surface area contributed by atoms with E-state index in [-0.39, 0.29) is 21.7 Å². The van der Waals surface area contributed by atoms with E-state index in [1.165, 1.54) is 12.3 Å². The third-order valence-electron chi connectivity index (χ3n) is 1.42. The van der Waals surface area contributed by atoms with Gasteiger partial charge in [-0.05, 0) is 22.0 Å². The zero-order valence-electron chi connectivity index (χ0n) is 6.74. The van der Waals surface area contributed by atoms with Gasteiger partial charge in [0.15, 0.2) is 16.5 Å². The number of Topliss-reactive ketones (excluding diaryl/α,β-unsaturated/α-hetero) is 1. The Morgan fingerprint density at radius 1 is 1.50 bits per heavy atom. The molecule has 0 unspecified atom stereocenters. The molecule has 0 spiro atoms. The van der Waals surface area contributed by atoms with Crippen LogP contribution in [0.2, 0.25) is 0 Å². The summed E-state index contributed by atoms with van der Waals surface area (Å²) in [4.78, 5) is 15.0. The van der Waals surface area contributed by atoms with Crippen LogP contribution in [0.4, 0.5) is 0 Å². The van der Waals surface area contributed by atoms with Gasteiger partial charge in [0, 0.05) is 10.7 Å². The van der Waals surface area contributed by atoms with Crippen LogP contribution in [0.3, 0.4) is 0 Å². The highest BCUT2D eigenvalue weighted by molar-refractivity contribution is 9.10. The second-order valence-electron chi connectivity index (χ2n) is 2.34. The van der Waals surface area contributed by atoms with Crippen molar-refractivity contribution in [2.45, 2.75) is 4.90 Å². The van der Waals surface area contributed by atoms with E-state index >= 15 is 0 Å². The Balaban J connectivity index is 3.36. The topological polar surface area (TPSA) is 64.1 Å². The van der Waals surface area contributed by atoms with Gasteiger partial charge in [0.2, 0.25) is 0 Å². The first-order chi connectivity index (χ1) is 6.56. The van der Waals surface area contributed by atoms with Crippen LogP contribution in [0.25, 0.3) is 0 Å². The van der Waals surface area contributed by atoms with Gasteiger partial charge in [0.05, 0.1) is 10.2 Å². The second kappa shape index (κ2) is 4.99. The summed E-state index contributed by atoms with van der Waals surface area (Å²) >= 11 is 6.04. The van der Waals surface area contributed by atoms with Crippen molar-refractivity contribution in [3.63, 3.8) is 0 Å². The SMILES string of the molecule is O=C(CBr)c1ncc(Br)cc1[SH](=O)=O. The maximum absolute atomic E-state index is 11.3. The van der Waals surface area contributed by atoms with Crippen molar-refractivity contribution in [2.24, 2.45) is 0 Å². The smallest absolute Gasteiger partial charge is 0.192 e. The van der Waals surface area contributed by atoms with Crippen LogP contribution >= 0.6 is 31.9 Å². The lowest BCUT2D eigenvalue weighted by atomic mass is 10.3. The molecule has 1 aromatic rings. The number of ketones is 1. The largest absolute Gasteiger partial charge is 0.291 e. The van der Waals surface area contributed by atoms with E-state index in [1.54, 1.807) is 0 Å². The minimum atomic E-state index is -2.80. The Hall–Kier alpha value is -0.270. The van der Waals surface area contributed by atoms with E-state index in [1.807, 2.05) is 0 Å². The van der Waals surface area contributed by atoms with Gasteiger partial charge in [0.25, 0.3) is 0 Å². The minimum Gasteiger partial charge on any atom is -0.291 e. The van der Waals surface area contributed by atoms with Gasteiger partial charge in [-0.3, -0.25) is 9.78 Å². The lowest BCUT2D eigenvalue weighted by molar-refractivity contribution is 0.101. The van der Waals surface area contributed by atoms with Crippen molar-refractivity contribution >= 4 is 48.3 Å². The Kier molecular flexibility index (Phi) is 4.21. The first kappa shape index (κ1) is 11.8. The third-order valence-corrected chi connectivity index (χ3v) is 3.09. The van der Waals surface area contributed by atoms with Gasteiger partial charge in [-0.2, -0.15) is 0 Å². The molecular formula is C7H5Br2NO3S. The molecule has 0 N–H and O–H groups in total. The molecule has 1 rings (SSSR count). The zero-order valence-corrected chi connectivity index (χ0v) is 10.8. The molecule has 0 amide bonds. The summed E-state index contributed by atoms with van der Waals surface area (Å²) in [5.74, 6) is -0.355. The van der Waals surface area contributed by atoms with Gasteiger partial charge in [0.1, 0.15) is 5.69 Å². The molecule has 0 aromatic carbocycles. The van der Waals surface area contributed by atoms with Crippen molar-refractivity contribution in [2.75, 3.05) is 5.33 Å². The van der Waals surface area contributed by atoms with Gasteiger partial charge in [-0.25, -0.2) is 8.42 Å². The summed E-state index contributed by atoms with van der Waals surface area (Å²) in [5.41, 5.74) is -0.0267. The van der Waals surface area contributed by atoms with Gasteiger partial charge >= 0.3 is 0 Å². The van der Waals surface area contributed by atoms with E-state index in [0.717, 1.165) is 0 Å². The summed E-state index contributed by atoms with van der Waals surface area (Å²) in [7, 11) is -2.80. The second-order valence-corrected chi connectivity index (χ2v) is 4.81. The highest BCUT2D eigenvalue weighted by Gasteiger charge is 2.14. The summed E-state index contributed by atoms with van der Waals surface area (Å²) < 4.78 is 22.1. The van der Waals surface area contributed by atoms with Crippen LogP contribution in [-0.4, -0.2) is 24.5 Å². The normalized spacial score (nSPS) is 10.5. The number of carbonyl (C=O) groups excluding carboxylic acids is 1. The molecule has 0 fully saturated rings. The van der Waals surface area contributed by atoms with Crippen molar-refractivity contribution in [3.05, 3.63) is 22.4 Å². The monoisotopic (exact) mass is 341 g/mol. The number of carbonyl (C=O) groups is 1. The van der Waals surface area contributed by atoms with Crippen LogP contribution in [0.15, 0.2) is 21.6 Å². The standard InChI is InChI=1S/C7H5Br2NO3S/c8-2-5(11)7-6(14(12)13)1-4(9)3-10-7/h1,3,14H,2H2. The molecule has 7 heteroatoms. The highest BCUT2D eigenvalue weighted by atomic mass is 79.9. The van der Waals surface area contributed by atoms with Gasteiger partial charge in [-0.15, -0.1) is 0 Å². The van der Waals surface area contributed by atoms with Gasteiger partial charge in [-0.1, -0.05) is 15.9 Å². The van der Waals surface area contributed by atoms with Crippen molar-refractivity contribution < 1.29 is 13.2 Å². The maximum atomic E-state index is 11.3. The molecule has 76 valence electrons. The summed E-state index contributed by atoms with van der Waals surface area (Å²) in [6.45, 7) is 0. The Morgan fingerprint density at radius 2 is 2.14 bits per heavy atom. The Bertz CT molecular complexity index is 437. The fraction of sp³-hybridized carbons (Fsp3) is 0.143. The van der Waals surface area contributed by atoms with Crippen molar-refractivity contribution in [1.82, 2.24) is 4.98 Å². The molecule has 0 aliphatic carbocycles. The van der Waals surface area contributed by atoms with Crippen LogP contribution in [0, 0.1) is 0 Å². The highest BCUT2D eigenvalue weighted by Crippen LogP contribution is 2.16. The molecule has 0 bridgehead atoms. The fourth-order valence-corrected chi connectivity index (χ4v) is 2.22. The minimum absolute atomic E-state index is 0.0267. The summed E-state index contributed by atoms with van der Waals surface area (Å²) in [6, 6.07) is 1.36. The number of hydrogen-bond donors (Lipinski definition) is 1. The number of aromatic nitrogens is 1. The molecule has 1 aromatic heterocycles. The van der Waals surface area contributed by atoms with Crippen molar-refractivity contribution in [3.8, 4) is 0 Å². The number of hydrogen-bond acceptors (Lipinski definition) is 4. The van der Waals surface area contributed by atoms with E-state index in [2.05, 4.69) is 36.8 Å². The number of nitrogens with zero attached hydrogens (tertiary/aromatic N) is 1. The predicted octanol–water partition coefficient (Wildman–Crippen LogP) is 1.39. The number of rotatable bonds is 3. The maximum Gasteiger partial charge on any atom is 0.192 e. The fourth-order valence-electron chi connectivity index (χ4n) is 0.846. The number of pyridine rings is 1. The molecule has 0 aliphatic heterocycles. The number of halogens is 2.